The number of rotatable bonds is 59. The van der Waals surface area contributed by atoms with Crippen molar-refractivity contribution < 1.29 is 28.6 Å². The smallest absolute Gasteiger partial charge is 0.306 e. The number of hydrogen-bond donors (Lipinski definition) is 0. The van der Waals surface area contributed by atoms with Gasteiger partial charge in [0.15, 0.2) is 6.10 Å². The molecule has 0 bridgehead atoms. The highest BCUT2D eigenvalue weighted by atomic mass is 16.6. The van der Waals surface area contributed by atoms with E-state index in [0.717, 1.165) is 64.2 Å². The average Bonchev–Trinajstić information content (AvgIpc) is 3.38. The molecular weight excluding hydrogens is 889 g/mol. The molecule has 0 aliphatic rings. The minimum atomic E-state index is -0.771. The lowest BCUT2D eigenvalue weighted by Crippen LogP contribution is -2.30. The first-order valence-electron chi connectivity index (χ1n) is 32.0. The van der Waals surface area contributed by atoms with Crippen LogP contribution in [0, 0.1) is 0 Å². The first kappa shape index (κ1) is 69.6. The maximum atomic E-state index is 12.9. The number of hydrogen-bond acceptors (Lipinski definition) is 6. The number of carbonyl (C=O) groups excluding carboxylic acids is 3. The molecule has 0 radical (unpaired) electrons. The minimum absolute atomic E-state index is 0.0691. The van der Waals surface area contributed by atoms with Crippen LogP contribution in [0.15, 0.2) is 36.5 Å². The highest BCUT2D eigenvalue weighted by molar-refractivity contribution is 5.71. The molecule has 0 rings (SSSR count). The topological polar surface area (TPSA) is 78.9 Å². The normalized spacial score (nSPS) is 12.2. The monoisotopic (exact) mass is 1010 g/mol. The second-order valence-corrected chi connectivity index (χ2v) is 21.7. The fraction of sp³-hybridized carbons (Fsp3) is 0.864. The Hall–Kier alpha value is -2.37. The van der Waals surface area contributed by atoms with Crippen LogP contribution >= 0.6 is 0 Å². The molecule has 1 unspecified atom stereocenters. The lowest BCUT2D eigenvalue weighted by molar-refractivity contribution is -0.167. The lowest BCUT2D eigenvalue weighted by Gasteiger charge is -2.18. The summed E-state index contributed by atoms with van der Waals surface area (Å²) in [5.74, 6) is -0.851. The van der Waals surface area contributed by atoms with E-state index in [9.17, 15) is 14.4 Å². The number of esters is 3. The SMILES string of the molecule is CCCCCCC/C=C\C/C=C\CCCCCCCCCCCCCC(=O)OCC(COC(=O)CCCCCCCCCCCCCC)OC(=O)CCCCCCCCCCC/C=C\CCCCCCCC. The first-order valence-corrected chi connectivity index (χ1v) is 32.0. The lowest BCUT2D eigenvalue weighted by atomic mass is 10.0. The van der Waals surface area contributed by atoms with Gasteiger partial charge in [-0.05, 0) is 77.0 Å². The molecule has 0 N–H and O–H groups in total. The van der Waals surface area contributed by atoms with Crippen molar-refractivity contribution in [2.45, 2.75) is 354 Å². The van der Waals surface area contributed by atoms with Gasteiger partial charge in [-0.15, -0.1) is 0 Å². The zero-order valence-electron chi connectivity index (χ0n) is 48.5. The summed E-state index contributed by atoms with van der Waals surface area (Å²) in [4.78, 5) is 38.3. The molecule has 422 valence electrons. The van der Waals surface area contributed by atoms with Crippen molar-refractivity contribution in [2.24, 2.45) is 0 Å². The zero-order chi connectivity index (χ0) is 52.2. The molecular formula is C66H122O6. The Bertz CT molecular complexity index is 1210. The molecule has 0 spiro atoms. The third-order valence-electron chi connectivity index (χ3n) is 14.4. The van der Waals surface area contributed by atoms with Crippen LogP contribution in [0.1, 0.15) is 348 Å². The zero-order valence-corrected chi connectivity index (χ0v) is 48.5. The quantitative estimate of drug-likeness (QED) is 0.0261. The summed E-state index contributed by atoms with van der Waals surface area (Å²) in [6.07, 6.45) is 74.3. The fourth-order valence-corrected chi connectivity index (χ4v) is 9.53. The van der Waals surface area contributed by atoms with Gasteiger partial charge < -0.3 is 14.2 Å². The Morgan fingerprint density at radius 3 is 0.778 bits per heavy atom. The minimum Gasteiger partial charge on any atom is -0.462 e. The molecule has 6 nitrogen and oxygen atoms in total. The Morgan fingerprint density at radius 2 is 0.500 bits per heavy atom. The standard InChI is InChI=1S/C66H122O6/c1-4-7-10-13-16-19-22-25-27-29-31-32-33-34-36-37-39-41-44-47-50-53-56-59-65(68)71-62-63(61-70-64(67)58-55-52-49-46-43-24-21-18-15-12-9-6-3)72-66(69)60-57-54-51-48-45-42-40-38-35-30-28-26-23-20-17-14-11-8-5-2/h22,25-26,28-29,31,63H,4-21,23-24,27,30,32-62H2,1-3H3/b25-22-,28-26-,31-29-. The van der Waals surface area contributed by atoms with Gasteiger partial charge in [0, 0.05) is 19.3 Å². The number of ether oxygens (including phenoxy) is 3. The van der Waals surface area contributed by atoms with E-state index in [1.54, 1.807) is 0 Å². The van der Waals surface area contributed by atoms with Crippen LogP contribution in [0.25, 0.3) is 0 Å². The van der Waals surface area contributed by atoms with E-state index < -0.39 is 6.10 Å². The van der Waals surface area contributed by atoms with E-state index in [4.69, 9.17) is 14.2 Å². The van der Waals surface area contributed by atoms with Gasteiger partial charge in [-0.25, -0.2) is 0 Å². The third-order valence-corrected chi connectivity index (χ3v) is 14.4. The van der Waals surface area contributed by atoms with Gasteiger partial charge in [-0.1, -0.05) is 288 Å². The second kappa shape index (κ2) is 61.2. The fourth-order valence-electron chi connectivity index (χ4n) is 9.53. The summed E-state index contributed by atoms with van der Waals surface area (Å²) in [6, 6.07) is 0. The maximum absolute atomic E-state index is 12.9. The van der Waals surface area contributed by atoms with Gasteiger partial charge in [-0.3, -0.25) is 14.4 Å². The van der Waals surface area contributed by atoms with Crippen LogP contribution in [0.5, 0.6) is 0 Å². The summed E-state index contributed by atoms with van der Waals surface area (Å²) in [5, 5.41) is 0. The average molecular weight is 1010 g/mol. The Labute approximate surface area is 448 Å². The number of allylic oxidation sites excluding steroid dienone is 6. The highest BCUT2D eigenvalue weighted by Gasteiger charge is 2.19. The van der Waals surface area contributed by atoms with Gasteiger partial charge in [-0.2, -0.15) is 0 Å². The number of carbonyl (C=O) groups is 3. The van der Waals surface area contributed by atoms with Crippen molar-refractivity contribution in [3.8, 4) is 0 Å². The Morgan fingerprint density at radius 1 is 0.278 bits per heavy atom. The molecule has 1 atom stereocenters. The van der Waals surface area contributed by atoms with Crippen molar-refractivity contribution in [2.75, 3.05) is 13.2 Å². The summed E-state index contributed by atoms with van der Waals surface area (Å²) in [5.41, 5.74) is 0. The molecule has 0 saturated heterocycles. The molecule has 0 aliphatic carbocycles. The van der Waals surface area contributed by atoms with Crippen LogP contribution in [-0.4, -0.2) is 37.2 Å². The molecule has 0 aromatic rings. The highest BCUT2D eigenvalue weighted by Crippen LogP contribution is 2.17. The van der Waals surface area contributed by atoms with Gasteiger partial charge in [0.05, 0.1) is 0 Å². The molecule has 0 aromatic heterocycles. The Kier molecular flexibility index (Phi) is 59.2. The summed E-state index contributed by atoms with van der Waals surface area (Å²) >= 11 is 0. The van der Waals surface area contributed by atoms with E-state index in [-0.39, 0.29) is 31.1 Å². The largest absolute Gasteiger partial charge is 0.462 e. The molecule has 0 aromatic carbocycles. The van der Waals surface area contributed by atoms with Crippen molar-refractivity contribution in [3.63, 3.8) is 0 Å². The number of unbranched alkanes of at least 4 members (excludes halogenated alkanes) is 42. The first-order chi connectivity index (χ1) is 35.5. The Balaban J connectivity index is 4.27. The summed E-state index contributed by atoms with van der Waals surface area (Å²) in [6.45, 7) is 6.67. The van der Waals surface area contributed by atoms with Crippen LogP contribution < -0.4 is 0 Å². The van der Waals surface area contributed by atoms with E-state index in [0.29, 0.717) is 19.3 Å². The molecule has 0 fully saturated rings. The maximum Gasteiger partial charge on any atom is 0.306 e. The molecule has 0 heterocycles. The summed E-state index contributed by atoms with van der Waals surface area (Å²) < 4.78 is 16.9. The van der Waals surface area contributed by atoms with Crippen LogP contribution in [0.2, 0.25) is 0 Å². The van der Waals surface area contributed by atoms with Gasteiger partial charge in [0.2, 0.25) is 0 Å². The predicted molar refractivity (Wildman–Crippen MR) is 312 cm³/mol. The van der Waals surface area contributed by atoms with E-state index in [1.165, 1.54) is 244 Å². The van der Waals surface area contributed by atoms with Crippen molar-refractivity contribution in [1.82, 2.24) is 0 Å². The second-order valence-electron chi connectivity index (χ2n) is 21.7. The van der Waals surface area contributed by atoms with Crippen LogP contribution in [0.3, 0.4) is 0 Å². The van der Waals surface area contributed by atoms with Crippen molar-refractivity contribution in [3.05, 3.63) is 36.5 Å². The van der Waals surface area contributed by atoms with Crippen molar-refractivity contribution >= 4 is 17.9 Å². The van der Waals surface area contributed by atoms with E-state index in [1.807, 2.05) is 0 Å². The van der Waals surface area contributed by atoms with Crippen molar-refractivity contribution in [1.29, 1.82) is 0 Å². The van der Waals surface area contributed by atoms with E-state index >= 15 is 0 Å². The van der Waals surface area contributed by atoms with Gasteiger partial charge in [0.25, 0.3) is 0 Å². The molecule has 0 saturated carbocycles. The summed E-state index contributed by atoms with van der Waals surface area (Å²) in [7, 11) is 0. The molecule has 0 aliphatic heterocycles. The molecule has 6 heteroatoms. The van der Waals surface area contributed by atoms with E-state index in [2.05, 4.69) is 57.2 Å². The van der Waals surface area contributed by atoms with Gasteiger partial charge >= 0.3 is 17.9 Å². The molecule has 72 heavy (non-hydrogen) atoms. The third kappa shape index (κ3) is 58.5. The van der Waals surface area contributed by atoms with Crippen LogP contribution in [0.4, 0.5) is 0 Å². The predicted octanol–water partition coefficient (Wildman–Crippen LogP) is 21.6. The molecule has 0 amide bonds. The van der Waals surface area contributed by atoms with Crippen LogP contribution in [-0.2, 0) is 28.6 Å². The van der Waals surface area contributed by atoms with Gasteiger partial charge in [0.1, 0.15) is 13.2 Å².